The van der Waals surface area contributed by atoms with E-state index in [4.69, 9.17) is 9.57 Å². The third-order valence-corrected chi connectivity index (χ3v) is 9.74. The molecule has 3 aliphatic rings. The van der Waals surface area contributed by atoms with Crippen LogP contribution in [0.25, 0.3) is 11.1 Å². The maximum absolute atomic E-state index is 14.3. The standard InChI is InChI=1S/C38H40N4O8/c1-5-24-20-38(24,37(46)47)39-35(44)31-19-26(50-40-33-29-12-8-6-10-27(29)28-11-7-9-13-30(28)33)21-41(31)36(45)34(22(2)3)42(48)32(43)18-23-14-16-25(49-4)17-15-23/h5-17,22,24,26,31,34,48H,1,18-21H2,2-4H3,(H,39,44)(H,46,47)/t24-,26-,31+,34-,38+/m1/s1. The second-order valence-electron chi connectivity index (χ2n) is 13.3. The molecule has 2 aliphatic carbocycles. The highest BCUT2D eigenvalue weighted by Crippen LogP contribution is 2.45. The first-order valence-corrected chi connectivity index (χ1v) is 16.5. The van der Waals surface area contributed by atoms with Crippen LogP contribution in [-0.4, -0.2) is 87.1 Å². The van der Waals surface area contributed by atoms with Crippen molar-refractivity contribution in [1.29, 1.82) is 0 Å². The van der Waals surface area contributed by atoms with Gasteiger partial charge in [-0.2, -0.15) is 0 Å². The zero-order valence-electron chi connectivity index (χ0n) is 28.1. The summed E-state index contributed by atoms with van der Waals surface area (Å²) in [6.07, 6.45) is 0.716. The van der Waals surface area contributed by atoms with E-state index in [2.05, 4.69) is 17.1 Å². The first-order chi connectivity index (χ1) is 24.0. The Labute approximate surface area is 289 Å². The molecule has 6 rings (SSSR count). The van der Waals surface area contributed by atoms with Gasteiger partial charge < -0.3 is 24.9 Å². The number of aliphatic carboxylic acids is 1. The summed E-state index contributed by atoms with van der Waals surface area (Å²) in [4.78, 5) is 61.0. The number of carboxylic acids is 1. The van der Waals surface area contributed by atoms with Crippen molar-refractivity contribution in [2.45, 2.75) is 56.8 Å². The molecular weight excluding hydrogens is 640 g/mol. The number of ether oxygens (including phenoxy) is 1. The number of methoxy groups -OCH3 is 1. The molecule has 3 aromatic carbocycles. The topological polar surface area (TPSA) is 158 Å². The number of hydrogen-bond donors (Lipinski definition) is 3. The highest BCUT2D eigenvalue weighted by molar-refractivity contribution is 6.24. The molecular formula is C38H40N4O8. The second kappa shape index (κ2) is 13.8. The molecule has 12 nitrogen and oxygen atoms in total. The fraction of sp³-hybridized carbons (Fsp3) is 0.342. The van der Waals surface area contributed by atoms with Crippen LogP contribution in [0.15, 0.2) is 90.6 Å². The van der Waals surface area contributed by atoms with Gasteiger partial charge >= 0.3 is 5.97 Å². The average molecular weight is 681 g/mol. The van der Waals surface area contributed by atoms with E-state index in [1.165, 1.54) is 18.1 Å². The number of carboxylic acid groups (broad SMARTS) is 1. The lowest BCUT2D eigenvalue weighted by Gasteiger charge is -2.34. The minimum Gasteiger partial charge on any atom is -0.497 e. The number of rotatable bonds is 12. The highest BCUT2D eigenvalue weighted by Gasteiger charge is 2.61. The molecule has 12 heteroatoms. The van der Waals surface area contributed by atoms with Gasteiger partial charge in [-0.3, -0.25) is 19.6 Å². The van der Waals surface area contributed by atoms with E-state index in [0.29, 0.717) is 22.1 Å². The lowest BCUT2D eigenvalue weighted by molar-refractivity contribution is -0.187. The van der Waals surface area contributed by atoms with Crippen molar-refractivity contribution in [3.8, 4) is 16.9 Å². The van der Waals surface area contributed by atoms with Crippen LogP contribution in [0.3, 0.4) is 0 Å². The third kappa shape index (κ3) is 6.34. The molecule has 3 amide bonds. The van der Waals surface area contributed by atoms with Crippen molar-refractivity contribution in [2.24, 2.45) is 17.0 Å². The minimum absolute atomic E-state index is 0.00212. The van der Waals surface area contributed by atoms with Crippen LogP contribution >= 0.6 is 0 Å². The Kier molecular flexibility index (Phi) is 9.48. The second-order valence-corrected chi connectivity index (χ2v) is 13.3. The summed E-state index contributed by atoms with van der Waals surface area (Å²) in [5.41, 5.74) is 3.47. The maximum Gasteiger partial charge on any atom is 0.330 e. The fourth-order valence-electron chi connectivity index (χ4n) is 6.90. The Balaban J connectivity index is 1.26. The van der Waals surface area contributed by atoms with Gasteiger partial charge in [0.1, 0.15) is 35.2 Å². The van der Waals surface area contributed by atoms with Gasteiger partial charge in [0.05, 0.1) is 20.1 Å². The van der Waals surface area contributed by atoms with Crippen LogP contribution in [0, 0.1) is 11.8 Å². The molecule has 1 aliphatic heterocycles. The predicted molar refractivity (Wildman–Crippen MR) is 183 cm³/mol. The predicted octanol–water partition coefficient (Wildman–Crippen LogP) is 4.04. The first kappa shape index (κ1) is 34.4. The zero-order chi connectivity index (χ0) is 35.7. The van der Waals surface area contributed by atoms with Crippen molar-refractivity contribution >= 4 is 29.4 Å². The Hall–Kier alpha value is -5.49. The molecule has 0 unspecified atom stereocenters. The largest absolute Gasteiger partial charge is 0.497 e. The van der Waals surface area contributed by atoms with Crippen molar-refractivity contribution in [2.75, 3.05) is 13.7 Å². The SMILES string of the molecule is C=C[C@@H]1C[C@@]1(NC(=O)[C@@H]1C[C@@H](ON=C2c3ccccc3-c3ccccc32)CN1C(=O)[C@@H](C(C)C)N(O)C(=O)Cc1ccc(OC)cc1)C(=O)O. The van der Waals surface area contributed by atoms with Crippen LogP contribution < -0.4 is 10.1 Å². The lowest BCUT2D eigenvalue weighted by atomic mass is 10.0. The number of carbonyl (C=O) groups is 4. The van der Waals surface area contributed by atoms with E-state index in [9.17, 15) is 29.5 Å². The molecule has 0 aromatic heterocycles. The Morgan fingerprint density at radius 1 is 1.02 bits per heavy atom. The number of amides is 3. The van der Waals surface area contributed by atoms with Crippen LogP contribution in [-0.2, 0) is 30.4 Å². The van der Waals surface area contributed by atoms with Crippen LogP contribution in [0.1, 0.15) is 43.4 Å². The van der Waals surface area contributed by atoms with Gasteiger partial charge in [-0.25, -0.2) is 9.86 Å². The van der Waals surface area contributed by atoms with Crippen molar-refractivity contribution in [3.63, 3.8) is 0 Å². The van der Waals surface area contributed by atoms with Gasteiger partial charge in [0.15, 0.2) is 0 Å². The quantitative estimate of drug-likeness (QED) is 0.115. The summed E-state index contributed by atoms with van der Waals surface area (Å²) in [6.45, 7) is 6.97. The fourth-order valence-corrected chi connectivity index (χ4v) is 6.90. The molecule has 0 radical (unpaired) electrons. The molecule has 0 spiro atoms. The van der Waals surface area contributed by atoms with Crippen LogP contribution in [0.2, 0.25) is 0 Å². The monoisotopic (exact) mass is 680 g/mol. The molecule has 5 atom stereocenters. The van der Waals surface area contributed by atoms with Crippen molar-refractivity contribution in [1.82, 2.24) is 15.3 Å². The van der Waals surface area contributed by atoms with E-state index in [0.717, 1.165) is 22.3 Å². The third-order valence-electron chi connectivity index (χ3n) is 9.74. The summed E-state index contributed by atoms with van der Waals surface area (Å²) < 4.78 is 5.17. The average Bonchev–Trinajstić information content (AvgIpc) is 3.51. The van der Waals surface area contributed by atoms with Gasteiger partial charge in [0, 0.05) is 23.5 Å². The molecule has 50 heavy (non-hydrogen) atoms. The number of nitrogens with one attached hydrogen (secondary N) is 1. The van der Waals surface area contributed by atoms with Gasteiger partial charge in [-0.1, -0.05) is 85.7 Å². The molecule has 1 heterocycles. The first-order valence-electron chi connectivity index (χ1n) is 16.5. The summed E-state index contributed by atoms with van der Waals surface area (Å²) in [6, 6.07) is 19.9. The van der Waals surface area contributed by atoms with Crippen LogP contribution in [0.4, 0.5) is 0 Å². The van der Waals surface area contributed by atoms with Gasteiger partial charge in [0.25, 0.3) is 5.91 Å². The number of benzene rings is 3. The number of oxime groups is 1. The molecule has 1 saturated heterocycles. The smallest absolute Gasteiger partial charge is 0.330 e. The van der Waals surface area contributed by atoms with Crippen LogP contribution in [0.5, 0.6) is 5.75 Å². The molecule has 3 aromatic rings. The number of carbonyl (C=O) groups excluding carboxylic acids is 3. The normalized spacial score (nSPS) is 22.2. The number of likely N-dealkylation sites (tertiary alicyclic amines) is 1. The number of fused-ring (bicyclic) bond motifs is 3. The molecule has 260 valence electrons. The number of hydroxylamine groups is 2. The maximum atomic E-state index is 14.3. The molecule has 3 N–H and O–H groups in total. The van der Waals surface area contributed by atoms with E-state index in [-0.39, 0.29) is 25.8 Å². The van der Waals surface area contributed by atoms with Crippen molar-refractivity contribution < 1.29 is 39.1 Å². The Morgan fingerprint density at radius 3 is 2.14 bits per heavy atom. The molecule has 2 fully saturated rings. The summed E-state index contributed by atoms with van der Waals surface area (Å²) in [5, 5.41) is 28.8. The lowest BCUT2D eigenvalue weighted by Crippen LogP contribution is -2.57. The van der Waals surface area contributed by atoms with Crippen molar-refractivity contribution in [3.05, 3.63) is 102 Å². The van der Waals surface area contributed by atoms with Gasteiger partial charge in [0.2, 0.25) is 11.8 Å². The van der Waals surface area contributed by atoms with E-state index < -0.39 is 59.3 Å². The molecule has 0 bridgehead atoms. The van der Waals surface area contributed by atoms with E-state index >= 15 is 0 Å². The zero-order valence-corrected chi connectivity index (χ0v) is 28.1. The highest BCUT2D eigenvalue weighted by atomic mass is 16.6. The molecule has 1 saturated carbocycles. The number of hydrogen-bond acceptors (Lipinski definition) is 8. The summed E-state index contributed by atoms with van der Waals surface area (Å²) >= 11 is 0. The summed E-state index contributed by atoms with van der Waals surface area (Å²) in [7, 11) is 1.53. The van der Waals surface area contributed by atoms with Gasteiger partial charge in [-0.05, 0) is 41.2 Å². The Bertz CT molecular complexity index is 1810. The summed E-state index contributed by atoms with van der Waals surface area (Å²) in [5.74, 6) is -3.69. The number of nitrogens with zero attached hydrogens (tertiary/aromatic N) is 3. The van der Waals surface area contributed by atoms with E-state index in [1.54, 1.807) is 38.1 Å². The van der Waals surface area contributed by atoms with E-state index in [1.807, 2.05) is 48.5 Å². The van der Waals surface area contributed by atoms with Gasteiger partial charge in [-0.15, -0.1) is 6.58 Å². The minimum atomic E-state index is -1.53. The Morgan fingerprint density at radius 2 is 1.62 bits per heavy atom.